The zero-order valence-electron chi connectivity index (χ0n) is 8.11. The maximum Gasteiger partial charge on any atom is 0.194 e. The van der Waals surface area contributed by atoms with Crippen LogP contribution in [0.5, 0.6) is 0 Å². The fourth-order valence-corrected chi connectivity index (χ4v) is 3.41. The van der Waals surface area contributed by atoms with Crippen molar-refractivity contribution in [2.75, 3.05) is 6.54 Å². The van der Waals surface area contributed by atoms with E-state index in [1.54, 1.807) is 0 Å². The molecule has 1 atom stereocenters. The second kappa shape index (κ2) is 3.90. The van der Waals surface area contributed by atoms with Crippen molar-refractivity contribution in [3.8, 4) is 0 Å². The first-order valence-corrected chi connectivity index (χ1v) is 6.38. The summed E-state index contributed by atoms with van der Waals surface area (Å²) in [6.45, 7) is 0.708. The highest BCUT2D eigenvalue weighted by Crippen LogP contribution is 2.21. The third kappa shape index (κ3) is 2.03. The van der Waals surface area contributed by atoms with Gasteiger partial charge in [0.25, 0.3) is 0 Å². The predicted octanol–water partition coefficient (Wildman–Crippen LogP) is 1.31. The number of benzene rings is 1. The molecule has 1 fully saturated rings. The molecule has 3 nitrogen and oxygen atoms in total. The van der Waals surface area contributed by atoms with Gasteiger partial charge in [-0.3, -0.25) is 0 Å². The van der Waals surface area contributed by atoms with Crippen molar-refractivity contribution in [2.45, 2.75) is 23.1 Å². The Hall–Kier alpha value is -0.940. The zero-order valence-corrected chi connectivity index (χ0v) is 8.93. The molecule has 0 bridgehead atoms. The molecule has 5 heteroatoms. The molecule has 1 aliphatic rings. The van der Waals surface area contributed by atoms with Crippen LogP contribution < -0.4 is 5.32 Å². The van der Waals surface area contributed by atoms with E-state index in [1.807, 2.05) is 0 Å². The van der Waals surface area contributed by atoms with E-state index in [4.69, 9.17) is 0 Å². The number of halogens is 1. The second-order valence-electron chi connectivity index (χ2n) is 3.59. The topological polar surface area (TPSA) is 46.2 Å². The minimum absolute atomic E-state index is 0.0573. The quantitative estimate of drug-likeness (QED) is 0.831. The first kappa shape index (κ1) is 10.6. The molecule has 2 rings (SSSR count). The highest BCUT2D eigenvalue weighted by molar-refractivity contribution is 7.92. The van der Waals surface area contributed by atoms with Gasteiger partial charge in [-0.25, -0.2) is 12.8 Å². The van der Waals surface area contributed by atoms with Crippen LogP contribution in [0, 0.1) is 5.82 Å². The molecular formula is C10H12FNO2S. The SMILES string of the molecule is O=S(=O)(c1cccc(F)c1)C1CCCN1. The summed E-state index contributed by atoms with van der Waals surface area (Å²) in [7, 11) is -3.41. The number of hydrogen-bond donors (Lipinski definition) is 1. The van der Waals surface area contributed by atoms with Gasteiger partial charge in [0.2, 0.25) is 0 Å². The van der Waals surface area contributed by atoms with Crippen LogP contribution in [-0.4, -0.2) is 20.3 Å². The Balaban J connectivity index is 2.36. The number of rotatable bonds is 2. The summed E-state index contributed by atoms with van der Waals surface area (Å²) >= 11 is 0. The summed E-state index contributed by atoms with van der Waals surface area (Å²) in [4.78, 5) is 0.0573. The Bertz CT molecular complexity index is 452. The summed E-state index contributed by atoms with van der Waals surface area (Å²) in [5, 5.41) is 2.35. The fraction of sp³-hybridized carbons (Fsp3) is 0.400. The van der Waals surface area contributed by atoms with Crippen LogP contribution in [0.4, 0.5) is 4.39 Å². The molecule has 15 heavy (non-hydrogen) atoms. The molecule has 0 aliphatic carbocycles. The van der Waals surface area contributed by atoms with Crippen molar-refractivity contribution in [2.24, 2.45) is 0 Å². The highest BCUT2D eigenvalue weighted by Gasteiger charge is 2.29. The largest absolute Gasteiger partial charge is 0.301 e. The molecule has 0 amide bonds. The van der Waals surface area contributed by atoms with Crippen molar-refractivity contribution >= 4 is 9.84 Å². The zero-order chi connectivity index (χ0) is 10.9. The molecule has 1 aromatic rings. The summed E-state index contributed by atoms with van der Waals surface area (Å²) in [6, 6.07) is 5.14. The molecule has 1 unspecified atom stereocenters. The smallest absolute Gasteiger partial charge is 0.194 e. The van der Waals surface area contributed by atoms with Gasteiger partial charge in [-0.05, 0) is 37.6 Å². The number of hydrogen-bond acceptors (Lipinski definition) is 3. The van der Waals surface area contributed by atoms with E-state index in [1.165, 1.54) is 18.2 Å². The lowest BCUT2D eigenvalue weighted by Crippen LogP contribution is -2.30. The molecule has 1 heterocycles. The van der Waals surface area contributed by atoms with E-state index in [2.05, 4.69) is 5.32 Å². The number of nitrogens with one attached hydrogen (secondary N) is 1. The van der Waals surface area contributed by atoms with E-state index in [-0.39, 0.29) is 4.90 Å². The summed E-state index contributed by atoms with van der Waals surface area (Å²) in [5.74, 6) is -0.519. The van der Waals surface area contributed by atoms with E-state index >= 15 is 0 Å². The van der Waals surface area contributed by atoms with Crippen molar-refractivity contribution in [1.82, 2.24) is 5.32 Å². The molecule has 1 aromatic carbocycles. The normalized spacial score (nSPS) is 21.8. The van der Waals surface area contributed by atoms with Crippen LogP contribution in [0.25, 0.3) is 0 Å². The first-order chi connectivity index (χ1) is 7.10. The van der Waals surface area contributed by atoms with Gasteiger partial charge >= 0.3 is 0 Å². The van der Waals surface area contributed by atoms with Crippen LogP contribution in [0.1, 0.15) is 12.8 Å². The monoisotopic (exact) mass is 229 g/mol. The van der Waals surface area contributed by atoms with Crippen LogP contribution in [0.15, 0.2) is 29.2 Å². The minimum Gasteiger partial charge on any atom is -0.301 e. The maximum atomic E-state index is 12.9. The van der Waals surface area contributed by atoms with Gasteiger partial charge in [-0.2, -0.15) is 0 Å². The van der Waals surface area contributed by atoms with Crippen LogP contribution in [0.3, 0.4) is 0 Å². The first-order valence-electron chi connectivity index (χ1n) is 4.83. The molecule has 1 aliphatic heterocycles. The van der Waals surface area contributed by atoms with Gasteiger partial charge in [-0.15, -0.1) is 0 Å². The van der Waals surface area contributed by atoms with E-state index in [0.717, 1.165) is 12.5 Å². The minimum atomic E-state index is -3.41. The van der Waals surface area contributed by atoms with Gasteiger partial charge < -0.3 is 5.32 Å². The Labute approximate surface area is 88.2 Å². The average molecular weight is 229 g/mol. The lowest BCUT2D eigenvalue weighted by Gasteiger charge is -2.11. The Morgan fingerprint density at radius 2 is 2.20 bits per heavy atom. The lowest BCUT2D eigenvalue weighted by molar-refractivity contribution is 0.568. The molecule has 0 spiro atoms. The molecule has 1 N–H and O–H groups in total. The van der Waals surface area contributed by atoms with E-state index < -0.39 is 21.0 Å². The number of sulfone groups is 1. The average Bonchev–Trinajstić information content (AvgIpc) is 2.71. The molecule has 82 valence electrons. The summed E-state index contributed by atoms with van der Waals surface area (Å²) in [5.41, 5.74) is 0. The predicted molar refractivity (Wildman–Crippen MR) is 54.6 cm³/mol. The van der Waals surface area contributed by atoms with Crippen LogP contribution >= 0.6 is 0 Å². The molecule has 0 radical (unpaired) electrons. The molecule has 0 aromatic heterocycles. The van der Waals surface area contributed by atoms with Crippen LogP contribution in [0.2, 0.25) is 0 Å². The highest BCUT2D eigenvalue weighted by atomic mass is 32.2. The van der Waals surface area contributed by atoms with Gasteiger partial charge in [0, 0.05) is 0 Å². The molecule has 1 saturated heterocycles. The molecule has 0 saturated carbocycles. The van der Waals surface area contributed by atoms with Crippen molar-refractivity contribution < 1.29 is 12.8 Å². The summed E-state index contributed by atoms with van der Waals surface area (Å²) < 4.78 is 36.8. The fourth-order valence-electron chi connectivity index (χ4n) is 1.73. The third-order valence-corrected chi connectivity index (χ3v) is 4.58. The Morgan fingerprint density at radius 3 is 2.80 bits per heavy atom. The maximum absolute atomic E-state index is 12.9. The van der Waals surface area contributed by atoms with Crippen molar-refractivity contribution in [3.63, 3.8) is 0 Å². The van der Waals surface area contributed by atoms with Gasteiger partial charge in [-0.1, -0.05) is 6.07 Å². The third-order valence-electron chi connectivity index (χ3n) is 2.51. The second-order valence-corrected chi connectivity index (χ2v) is 5.72. The van der Waals surface area contributed by atoms with E-state index in [0.29, 0.717) is 13.0 Å². The standard InChI is InChI=1S/C10H12FNO2S/c11-8-3-1-4-9(7-8)15(13,14)10-5-2-6-12-10/h1,3-4,7,10,12H,2,5-6H2. The van der Waals surface area contributed by atoms with Gasteiger partial charge in [0.15, 0.2) is 9.84 Å². The molecular weight excluding hydrogens is 217 g/mol. The van der Waals surface area contributed by atoms with Gasteiger partial charge in [0.05, 0.1) is 4.90 Å². The van der Waals surface area contributed by atoms with Crippen molar-refractivity contribution in [3.05, 3.63) is 30.1 Å². The Kier molecular flexibility index (Phi) is 2.75. The van der Waals surface area contributed by atoms with E-state index in [9.17, 15) is 12.8 Å². The van der Waals surface area contributed by atoms with Crippen LogP contribution in [-0.2, 0) is 9.84 Å². The van der Waals surface area contributed by atoms with Crippen molar-refractivity contribution in [1.29, 1.82) is 0 Å². The van der Waals surface area contributed by atoms with Gasteiger partial charge in [0.1, 0.15) is 11.2 Å². The Morgan fingerprint density at radius 1 is 1.40 bits per heavy atom. The lowest BCUT2D eigenvalue weighted by atomic mass is 10.3. The summed E-state index contributed by atoms with van der Waals surface area (Å²) in [6.07, 6.45) is 1.44.